The van der Waals surface area contributed by atoms with Crippen molar-refractivity contribution in [1.29, 1.82) is 0 Å². The number of rotatable bonds is 3. The topological polar surface area (TPSA) is 0 Å². The van der Waals surface area contributed by atoms with Crippen molar-refractivity contribution in [3.8, 4) is 0 Å². The SMILES string of the molecule is CCC(CC)C(C)(F)F. The standard InChI is InChI=1S/C7H14F2/c1-4-6(5-2)7(3,8)9/h6H,4-5H2,1-3H3. The van der Waals surface area contributed by atoms with Crippen molar-refractivity contribution >= 4 is 0 Å². The third kappa shape index (κ3) is 2.78. The van der Waals surface area contributed by atoms with E-state index in [-0.39, 0.29) is 0 Å². The Balaban J connectivity index is 3.79. The summed E-state index contributed by atoms with van der Waals surface area (Å²) in [6.07, 6.45) is 1.14. The van der Waals surface area contributed by atoms with E-state index in [0.29, 0.717) is 12.8 Å². The summed E-state index contributed by atoms with van der Waals surface area (Å²) in [5.41, 5.74) is 0. The van der Waals surface area contributed by atoms with E-state index in [0.717, 1.165) is 6.92 Å². The molecule has 0 atom stereocenters. The summed E-state index contributed by atoms with van der Waals surface area (Å²) in [5, 5.41) is 0. The Bertz CT molecular complexity index is 69.5. The molecule has 0 aliphatic carbocycles. The number of hydrogen-bond donors (Lipinski definition) is 0. The lowest BCUT2D eigenvalue weighted by Gasteiger charge is -2.19. The second kappa shape index (κ2) is 3.14. The molecule has 0 unspecified atom stereocenters. The lowest BCUT2D eigenvalue weighted by Crippen LogP contribution is -2.22. The van der Waals surface area contributed by atoms with Crippen LogP contribution in [0.1, 0.15) is 33.6 Å². The van der Waals surface area contributed by atoms with Gasteiger partial charge in [-0.1, -0.05) is 13.8 Å². The van der Waals surface area contributed by atoms with Crippen LogP contribution in [0, 0.1) is 5.92 Å². The molecule has 0 radical (unpaired) electrons. The first kappa shape index (κ1) is 8.86. The van der Waals surface area contributed by atoms with Crippen molar-refractivity contribution in [2.75, 3.05) is 0 Å². The second-order valence-electron chi connectivity index (χ2n) is 2.47. The maximum absolute atomic E-state index is 12.4. The minimum Gasteiger partial charge on any atom is -0.207 e. The number of alkyl halides is 2. The van der Waals surface area contributed by atoms with Crippen LogP contribution in [0.25, 0.3) is 0 Å². The molecule has 0 nitrogen and oxygen atoms in total. The van der Waals surface area contributed by atoms with Gasteiger partial charge in [0.2, 0.25) is 5.92 Å². The van der Waals surface area contributed by atoms with Crippen molar-refractivity contribution in [3.63, 3.8) is 0 Å². The van der Waals surface area contributed by atoms with Crippen molar-refractivity contribution in [1.82, 2.24) is 0 Å². The summed E-state index contributed by atoms with van der Waals surface area (Å²) < 4.78 is 24.8. The van der Waals surface area contributed by atoms with E-state index in [1.54, 1.807) is 13.8 Å². The van der Waals surface area contributed by atoms with Gasteiger partial charge in [0.15, 0.2) is 0 Å². The third-order valence-corrected chi connectivity index (χ3v) is 1.70. The van der Waals surface area contributed by atoms with Gasteiger partial charge in [0.1, 0.15) is 0 Å². The summed E-state index contributed by atoms with van der Waals surface area (Å²) in [6, 6.07) is 0. The first-order chi connectivity index (χ1) is 4.02. The molecule has 0 aliphatic rings. The van der Waals surface area contributed by atoms with Gasteiger partial charge in [0, 0.05) is 5.92 Å². The zero-order valence-corrected chi connectivity index (χ0v) is 6.25. The van der Waals surface area contributed by atoms with E-state index >= 15 is 0 Å². The van der Waals surface area contributed by atoms with Gasteiger partial charge < -0.3 is 0 Å². The zero-order chi connectivity index (χ0) is 7.49. The highest BCUT2D eigenvalue weighted by Crippen LogP contribution is 2.28. The molecule has 0 aromatic heterocycles. The van der Waals surface area contributed by atoms with Crippen molar-refractivity contribution in [2.24, 2.45) is 5.92 Å². The van der Waals surface area contributed by atoms with Crippen molar-refractivity contribution < 1.29 is 8.78 Å². The molecule has 0 aliphatic heterocycles. The van der Waals surface area contributed by atoms with Gasteiger partial charge in [-0.25, -0.2) is 8.78 Å². The summed E-state index contributed by atoms with van der Waals surface area (Å²) >= 11 is 0. The predicted octanol–water partition coefficient (Wildman–Crippen LogP) is 3.08. The highest BCUT2D eigenvalue weighted by molar-refractivity contribution is 4.68. The van der Waals surface area contributed by atoms with Crippen LogP contribution in [0.3, 0.4) is 0 Å². The highest BCUT2D eigenvalue weighted by atomic mass is 19.3. The van der Waals surface area contributed by atoms with Gasteiger partial charge in [0.05, 0.1) is 0 Å². The summed E-state index contributed by atoms with van der Waals surface area (Å²) in [7, 11) is 0. The normalized spacial score (nSPS) is 12.7. The monoisotopic (exact) mass is 136 g/mol. The zero-order valence-electron chi connectivity index (χ0n) is 6.25. The van der Waals surface area contributed by atoms with E-state index in [1.807, 2.05) is 0 Å². The molecular formula is C7H14F2. The van der Waals surface area contributed by atoms with E-state index in [4.69, 9.17) is 0 Å². The van der Waals surface area contributed by atoms with Gasteiger partial charge in [0.25, 0.3) is 0 Å². The lowest BCUT2D eigenvalue weighted by molar-refractivity contribution is -0.0423. The van der Waals surface area contributed by atoms with Crippen molar-refractivity contribution in [3.05, 3.63) is 0 Å². The van der Waals surface area contributed by atoms with Gasteiger partial charge in [-0.15, -0.1) is 0 Å². The molecule has 0 saturated carbocycles. The molecule has 0 rings (SSSR count). The molecule has 0 bridgehead atoms. The van der Waals surface area contributed by atoms with Crippen LogP contribution in [-0.4, -0.2) is 5.92 Å². The highest BCUT2D eigenvalue weighted by Gasteiger charge is 2.30. The maximum atomic E-state index is 12.4. The van der Waals surface area contributed by atoms with Crippen LogP contribution in [0.15, 0.2) is 0 Å². The Hall–Kier alpha value is -0.140. The van der Waals surface area contributed by atoms with Crippen molar-refractivity contribution in [2.45, 2.75) is 39.5 Å². The Morgan fingerprint density at radius 2 is 1.56 bits per heavy atom. The van der Waals surface area contributed by atoms with E-state index in [1.165, 1.54) is 0 Å². The van der Waals surface area contributed by atoms with E-state index < -0.39 is 11.8 Å². The number of halogens is 2. The first-order valence-corrected chi connectivity index (χ1v) is 3.40. The van der Waals surface area contributed by atoms with Gasteiger partial charge in [-0.05, 0) is 19.8 Å². The number of hydrogen-bond acceptors (Lipinski definition) is 0. The predicted molar refractivity (Wildman–Crippen MR) is 34.7 cm³/mol. The Labute approximate surface area is 55.3 Å². The fourth-order valence-electron chi connectivity index (χ4n) is 1.01. The van der Waals surface area contributed by atoms with Gasteiger partial charge in [-0.3, -0.25) is 0 Å². The molecule has 9 heavy (non-hydrogen) atoms. The van der Waals surface area contributed by atoms with Crippen LogP contribution >= 0.6 is 0 Å². The smallest absolute Gasteiger partial charge is 0.207 e. The lowest BCUT2D eigenvalue weighted by atomic mass is 9.97. The summed E-state index contributed by atoms with van der Waals surface area (Å²) in [6.45, 7) is 4.59. The first-order valence-electron chi connectivity index (χ1n) is 3.40. The fourth-order valence-corrected chi connectivity index (χ4v) is 1.01. The molecule has 0 amide bonds. The van der Waals surface area contributed by atoms with Gasteiger partial charge >= 0.3 is 0 Å². The molecule has 0 N–H and O–H groups in total. The molecule has 0 saturated heterocycles. The van der Waals surface area contributed by atoms with Crippen LogP contribution < -0.4 is 0 Å². The molecule has 56 valence electrons. The molecule has 0 spiro atoms. The van der Waals surface area contributed by atoms with Crippen LogP contribution in [-0.2, 0) is 0 Å². The summed E-state index contributed by atoms with van der Waals surface area (Å²) in [5.74, 6) is -2.92. The van der Waals surface area contributed by atoms with Crippen LogP contribution in [0.2, 0.25) is 0 Å². The molecule has 0 heterocycles. The Morgan fingerprint density at radius 1 is 1.22 bits per heavy atom. The average molecular weight is 136 g/mol. The minimum atomic E-state index is -2.48. The van der Waals surface area contributed by atoms with E-state index in [2.05, 4.69) is 0 Å². The second-order valence-corrected chi connectivity index (χ2v) is 2.47. The summed E-state index contributed by atoms with van der Waals surface area (Å²) in [4.78, 5) is 0. The molecule has 0 aromatic rings. The van der Waals surface area contributed by atoms with E-state index in [9.17, 15) is 8.78 Å². The Morgan fingerprint density at radius 3 is 1.56 bits per heavy atom. The molecule has 0 aromatic carbocycles. The van der Waals surface area contributed by atoms with Crippen LogP contribution in [0.5, 0.6) is 0 Å². The largest absolute Gasteiger partial charge is 0.248 e. The quantitative estimate of drug-likeness (QED) is 0.559. The van der Waals surface area contributed by atoms with Gasteiger partial charge in [-0.2, -0.15) is 0 Å². The molecular weight excluding hydrogens is 122 g/mol. The Kier molecular flexibility index (Phi) is 3.09. The molecule has 2 heteroatoms. The molecule has 0 fully saturated rings. The average Bonchev–Trinajstić information content (AvgIpc) is 1.65. The maximum Gasteiger partial charge on any atom is 0.248 e. The minimum absolute atomic E-state index is 0.433. The fraction of sp³-hybridized carbons (Fsp3) is 1.00. The van der Waals surface area contributed by atoms with Crippen LogP contribution in [0.4, 0.5) is 8.78 Å². The third-order valence-electron chi connectivity index (χ3n) is 1.70.